The van der Waals surface area contributed by atoms with Crippen LogP contribution in [0.25, 0.3) is 0 Å². The molecule has 0 saturated heterocycles. The van der Waals surface area contributed by atoms with Gasteiger partial charge in [0.1, 0.15) is 18.9 Å². The number of aldehydes is 1. The van der Waals surface area contributed by atoms with Crippen LogP contribution in [0.4, 0.5) is 4.79 Å². The molecule has 0 aromatic heterocycles. The molecule has 0 fully saturated rings. The molecule has 2 N–H and O–H groups in total. The number of amides is 2. The summed E-state index contributed by atoms with van der Waals surface area (Å²) in [6, 6.07) is 17.3. The van der Waals surface area contributed by atoms with Gasteiger partial charge in [0.15, 0.2) is 0 Å². The van der Waals surface area contributed by atoms with Gasteiger partial charge in [-0.3, -0.25) is 4.79 Å². The monoisotopic (exact) mass is 396 g/mol. The maximum atomic E-state index is 12.8. The van der Waals surface area contributed by atoms with E-state index in [0.29, 0.717) is 19.1 Å². The van der Waals surface area contributed by atoms with Gasteiger partial charge in [0, 0.05) is 0 Å². The largest absolute Gasteiger partial charge is 0.445 e. The fraction of sp³-hybridized carbons (Fsp3) is 0.348. The second kappa shape index (κ2) is 11.6. The topological polar surface area (TPSA) is 84.5 Å². The molecule has 3 atom stereocenters. The average molecular weight is 396 g/mol. The molecule has 6 nitrogen and oxygen atoms in total. The van der Waals surface area contributed by atoms with E-state index in [4.69, 9.17) is 4.74 Å². The Labute approximate surface area is 171 Å². The van der Waals surface area contributed by atoms with E-state index in [1.807, 2.05) is 74.5 Å². The molecule has 2 aromatic rings. The van der Waals surface area contributed by atoms with Crippen LogP contribution in [0.2, 0.25) is 0 Å². The fourth-order valence-electron chi connectivity index (χ4n) is 2.87. The van der Waals surface area contributed by atoms with Gasteiger partial charge in [-0.05, 0) is 23.5 Å². The van der Waals surface area contributed by atoms with Crippen molar-refractivity contribution in [3.8, 4) is 0 Å². The van der Waals surface area contributed by atoms with Crippen LogP contribution in [0.3, 0.4) is 0 Å². The zero-order chi connectivity index (χ0) is 21.1. The van der Waals surface area contributed by atoms with Crippen molar-refractivity contribution in [2.45, 2.75) is 45.4 Å². The van der Waals surface area contributed by atoms with Gasteiger partial charge in [-0.25, -0.2) is 4.79 Å². The first-order valence-electron chi connectivity index (χ1n) is 9.80. The van der Waals surface area contributed by atoms with Crippen LogP contribution >= 0.6 is 0 Å². The Morgan fingerprint density at radius 1 is 0.966 bits per heavy atom. The van der Waals surface area contributed by atoms with E-state index in [1.165, 1.54) is 0 Å². The second-order valence-electron chi connectivity index (χ2n) is 7.01. The van der Waals surface area contributed by atoms with E-state index in [-0.39, 0.29) is 12.5 Å². The normalized spacial score (nSPS) is 13.6. The number of ether oxygens (including phenoxy) is 1. The van der Waals surface area contributed by atoms with E-state index in [0.717, 1.165) is 11.1 Å². The zero-order valence-electron chi connectivity index (χ0n) is 16.8. The van der Waals surface area contributed by atoms with Gasteiger partial charge in [-0.15, -0.1) is 0 Å². The first kappa shape index (κ1) is 22.1. The van der Waals surface area contributed by atoms with Gasteiger partial charge < -0.3 is 20.2 Å². The molecular formula is C23H28N2O4. The predicted octanol–water partition coefficient (Wildman–Crippen LogP) is 3.25. The molecule has 154 valence electrons. The van der Waals surface area contributed by atoms with Crippen molar-refractivity contribution < 1.29 is 19.1 Å². The SMILES string of the molecule is CCC(C)C(NC(=O)OCc1ccccc1)C(=O)NC(C=O)Cc1ccccc1. The summed E-state index contributed by atoms with van der Waals surface area (Å²) in [5.41, 5.74) is 1.80. The first-order valence-corrected chi connectivity index (χ1v) is 9.80. The number of alkyl carbamates (subject to hydrolysis) is 1. The number of rotatable bonds is 10. The summed E-state index contributed by atoms with van der Waals surface area (Å²) >= 11 is 0. The Kier molecular flexibility index (Phi) is 8.89. The summed E-state index contributed by atoms with van der Waals surface area (Å²) in [4.78, 5) is 36.4. The van der Waals surface area contributed by atoms with Crippen LogP contribution < -0.4 is 10.6 Å². The first-order chi connectivity index (χ1) is 14.0. The minimum Gasteiger partial charge on any atom is -0.445 e. The standard InChI is InChI=1S/C23H28N2O4/c1-3-17(2)21(25-23(28)29-16-19-12-8-5-9-13-19)22(27)24-20(15-26)14-18-10-6-4-7-11-18/h4-13,15,17,20-21H,3,14,16H2,1-2H3,(H,24,27)(H,25,28). The van der Waals surface area contributed by atoms with Gasteiger partial charge in [-0.1, -0.05) is 80.9 Å². The highest BCUT2D eigenvalue weighted by Crippen LogP contribution is 2.10. The Balaban J connectivity index is 1.95. The molecule has 6 heteroatoms. The summed E-state index contributed by atoms with van der Waals surface area (Å²) in [6.45, 7) is 3.92. The summed E-state index contributed by atoms with van der Waals surface area (Å²) in [5, 5.41) is 5.37. The Morgan fingerprint density at radius 3 is 2.10 bits per heavy atom. The summed E-state index contributed by atoms with van der Waals surface area (Å²) in [7, 11) is 0. The van der Waals surface area contributed by atoms with Crippen molar-refractivity contribution in [2.24, 2.45) is 5.92 Å². The van der Waals surface area contributed by atoms with E-state index in [1.54, 1.807) is 0 Å². The van der Waals surface area contributed by atoms with Gasteiger partial charge in [-0.2, -0.15) is 0 Å². The molecule has 2 rings (SSSR count). The number of benzene rings is 2. The van der Waals surface area contributed by atoms with Crippen molar-refractivity contribution in [1.29, 1.82) is 0 Å². The molecule has 0 spiro atoms. The number of carbonyl (C=O) groups excluding carboxylic acids is 3. The van der Waals surface area contributed by atoms with Crippen LogP contribution in [0.5, 0.6) is 0 Å². The molecule has 0 aliphatic heterocycles. The molecular weight excluding hydrogens is 368 g/mol. The quantitative estimate of drug-likeness (QED) is 0.604. The minimum atomic E-state index is -0.790. The lowest BCUT2D eigenvalue weighted by Gasteiger charge is -2.25. The van der Waals surface area contributed by atoms with Crippen molar-refractivity contribution in [3.05, 3.63) is 71.8 Å². The molecule has 0 heterocycles. The lowest BCUT2D eigenvalue weighted by molar-refractivity contribution is -0.126. The molecule has 2 aromatic carbocycles. The number of carbonyl (C=O) groups is 3. The third-order valence-electron chi connectivity index (χ3n) is 4.77. The van der Waals surface area contributed by atoms with Crippen LogP contribution in [0.1, 0.15) is 31.4 Å². The molecule has 3 unspecified atom stereocenters. The number of nitrogens with one attached hydrogen (secondary N) is 2. The van der Waals surface area contributed by atoms with Crippen molar-refractivity contribution in [2.75, 3.05) is 0 Å². The predicted molar refractivity (Wildman–Crippen MR) is 111 cm³/mol. The summed E-state index contributed by atoms with van der Waals surface area (Å²) in [6.07, 6.45) is 1.12. The summed E-state index contributed by atoms with van der Waals surface area (Å²) < 4.78 is 5.23. The highest BCUT2D eigenvalue weighted by atomic mass is 16.5. The highest BCUT2D eigenvalue weighted by molar-refractivity contribution is 5.87. The lowest BCUT2D eigenvalue weighted by atomic mass is 9.97. The Bertz CT molecular complexity index is 780. The lowest BCUT2D eigenvalue weighted by Crippen LogP contribution is -2.53. The van der Waals surface area contributed by atoms with Gasteiger partial charge in [0.2, 0.25) is 5.91 Å². The molecule has 0 aliphatic carbocycles. The molecule has 0 radical (unpaired) electrons. The van der Waals surface area contributed by atoms with Crippen molar-refractivity contribution in [1.82, 2.24) is 10.6 Å². The third kappa shape index (κ3) is 7.41. The Morgan fingerprint density at radius 2 is 1.55 bits per heavy atom. The van der Waals surface area contributed by atoms with Crippen LogP contribution in [-0.2, 0) is 27.4 Å². The smallest absolute Gasteiger partial charge is 0.408 e. The highest BCUT2D eigenvalue weighted by Gasteiger charge is 2.28. The zero-order valence-corrected chi connectivity index (χ0v) is 16.8. The number of hydrogen-bond acceptors (Lipinski definition) is 4. The van der Waals surface area contributed by atoms with Crippen LogP contribution in [0, 0.1) is 5.92 Å². The molecule has 2 amide bonds. The maximum absolute atomic E-state index is 12.8. The third-order valence-corrected chi connectivity index (χ3v) is 4.77. The maximum Gasteiger partial charge on any atom is 0.408 e. The minimum absolute atomic E-state index is 0.118. The fourth-order valence-corrected chi connectivity index (χ4v) is 2.87. The molecule has 29 heavy (non-hydrogen) atoms. The second-order valence-corrected chi connectivity index (χ2v) is 7.01. The molecule has 0 saturated carbocycles. The van der Waals surface area contributed by atoms with E-state index in [2.05, 4.69) is 10.6 Å². The van der Waals surface area contributed by atoms with E-state index >= 15 is 0 Å². The van der Waals surface area contributed by atoms with Gasteiger partial charge >= 0.3 is 6.09 Å². The Hall–Kier alpha value is -3.15. The summed E-state index contributed by atoms with van der Waals surface area (Å²) in [5.74, 6) is -0.521. The van der Waals surface area contributed by atoms with E-state index < -0.39 is 24.1 Å². The molecule has 0 aliphatic rings. The van der Waals surface area contributed by atoms with Gasteiger partial charge in [0.05, 0.1) is 6.04 Å². The van der Waals surface area contributed by atoms with Crippen LogP contribution in [-0.4, -0.2) is 30.4 Å². The average Bonchev–Trinajstić information content (AvgIpc) is 2.76. The van der Waals surface area contributed by atoms with Crippen molar-refractivity contribution >= 4 is 18.3 Å². The van der Waals surface area contributed by atoms with Gasteiger partial charge in [0.25, 0.3) is 0 Å². The molecule has 0 bridgehead atoms. The van der Waals surface area contributed by atoms with Crippen molar-refractivity contribution in [3.63, 3.8) is 0 Å². The van der Waals surface area contributed by atoms with E-state index in [9.17, 15) is 14.4 Å². The van der Waals surface area contributed by atoms with Crippen LogP contribution in [0.15, 0.2) is 60.7 Å². The number of hydrogen-bond donors (Lipinski definition) is 2.